The van der Waals surface area contributed by atoms with Crippen molar-refractivity contribution in [3.8, 4) is 0 Å². The lowest BCUT2D eigenvalue weighted by Crippen LogP contribution is -2.41. The Morgan fingerprint density at radius 2 is 1.94 bits per heavy atom. The molecule has 1 fully saturated rings. The number of nitrogens with one attached hydrogen (secondary N) is 1. The van der Waals surface area contributed by atoms with Crippen molar-refractivity contribution in [1.82, 2.24) is 19.9 Å². The van der Waals surface area contributed by atoms with Gasteiger partial charge in [0.05, 0.1) is 17.2 Å². The Hall–Kier alpha value is -2.67. The summed E-state index contributed by atoms with van der Waals surface area (Å²) in [7, 11) is 0. The lowest BCUT2D eigenvalue weighted by atomic mass is 9.95. The Kier molecular flexibility index (Phi) is 7.02. The van der Waals surface area contributed by atoms with Gasteiger partial charge in [0, 0.05) is 12.2 Å². The molecule has 4 rings (SSSR count). The molecule has 1 aromatic carbocycles. The zero-order chi connectivity index (χ0) is 21.6. The second kappa shape index (κ2) is 10.1. The molecule has 0 spiro atoms. The summed E-state index contributed by atoms with van der Waals surface area (Å²) in [5.74, 6) is 0.0287. The van der Waals surface area contributed by atoms with Crippen LogP contribution in [0.5, 0.6) is 0 Å². The number of nitrogens with zero attached hydrogens (tertiary/aromatic N) is 3. The first-order valence-electron chi connectivity index (χ1n) is 11.0. The Morgan fingerprint density at radius 3 is 2.68 bits per heavy atom. The number of carbonyl (C=O) groups is 1. The number of hydrogen-bond acceptors (Lipinski definition) is 5. The number of carbonyl (C=O) groups excluding carboxylic acids is 1. The minimum atomic E-state index is -0.308. The summed E-state index contributed by atoms with van der Waals surface area (Å²) in [4.78, 5) is 35.2. The molecule has 1 aliphatic rings. The van der Waals surface area contributed by atoms with Crippen molar-refractivity contribution in [3.63, 3.8) is 0 Å². The third-order valence-corrected chi connectivity index (χ3v) is 7.10. The van der Waals surface area contributed by atoms with E-state index in [1.807, 2.05) is 37.3 Å². The highest BCUT2D eigenvalue weighted by Crippen LogP contribution is 2.26. The maximum Gasteiger partial charge on any atom is 0.263 e. The van der Waals surface area contributed by atoms with E-state index in [1.54, 1.807) is 22.9 Å². The molecule has 0 bridgehead atoms. The normalized spacial score (nSPS) is 15.6. The number of aromatic nitrogens is 3. The molecule has 162 valence electrons. The maximum atomic E-state index is 13.3. The van der Waals surface area contributed by atoms with Crippen molar-refractivity contribution in [2.24, 2.45) is 0 Å². The molecule has 0 unspecified atom stereocenters. The van der Waals surface area contributed by atoms with Gasteiger partial charge < -0.3 is 5.32 Å². The van der Waals surface area contributed by atoms with Crippen molar-refractivity contribution < 1.29 is 4.79 Å². The van der Waals surface area contributed by atoms with Gasteiger partial charge in [-0.15, -0.1) is 0 Å². The third kappa shape index (κ3) is 5.15. The SMILES string of the molecule is CC[C@H](Sc1nc2ncccc2c(=O)n1Cc1ccccc1)C(=O)NC1CCCCC1. The first kappa shape index (κ1) is 21.6. The fourth-order valence-electron chi connectivity index (χ4n) is 4.02. The van der Waals surface area contributed by atoms with E-state index in [2.05, 4.69) is 15.3 Å². The molecule has 6 nitrogen and oxygen atoms in total. The summed E-state index contributed by atoms with van der Waals surface area (Å²) in [6.45, 7) is 2.40. The topological polar surface area (TPSA) is 76.9 Å². The Balaban J connectivity index is 1.65. The fourth-order valence-corrected chi connectivity index (χ4v) is 5.03. The summed E-state index contributed by atoms with van der Waals surface area (Å²) in [6, 6.07) is 13.6. The number of amides is 1. The molecule has 3 aromatic rings. The van der Waals surface area contributed by atoms with E-state index < -0.39 is 0 Å². The number of hydrogen-bond donors (Lipinski definition) is 1. The van der Waals surface area contributed by atoms with Gasteiger partial charge in [0.1, 0.15) is 0 Å². The van der Waals surface area contributed by atoms with Gasteiger partial charge in [-0.1, -0.05) is 68.3 Å². The summed E-state index contributed by atoms with van der Waals surface area (Å²) in [6.07, 6.45) is 7.97. The van der Waals surface area contributed by atoms with Gasteiger partial charge in [-0.3, -0.25) is 14.2 Å². The second-order valence-corrected chi connectivity index (χ2v) is 9.17. The van der Waals surface area contributed by atoms with Gasteiger partial charge >= 0.3 is 0 Å². The zero-order valence-electron chi connectivity index (χ0n) is 17.8. The van der Waals surface area contributed by atoms with E-state index in [0.29, 0.717) is 29.2 Å². The molecule has 1 aliphatic carbocycles. The Morgan fingerprint density at radius 1 is 1.16 bits per heavy atom. The molecule has 1 amide bonds. The smallest absolute Gasteiger partial charge is 0.263 e. The van der Waals surface area contributed by atoms with Crippen LogP contribution in [0.25, 0.3) is 11.0 Å². The molecule has 0 saturated heterocycles. The molecule has 1 saturated carbocycles. The quantitative estimate of drug-likeness (QED) is 0.445. The van der Waals surface area contributed by atoms with Crippen LogP contribution in [0.2, 0.25) is 0 Å². The molecule has 2 heterocycles. The van der Waals surface area contributed by atoms with Crippen LogP contribution in [-0.4, -0.2) is 31.7 Å². The first-order valence-corrected chi connectivity index (χ1v) is 11.9. The predicted molar refractivity (Wildman–Crippen MR) is 124 cm³/mol. The van der Waals surface area contributed by atoms with Crippen LogP contribution in [0.1, 0.15) is 51.0 Å². The van der Waals surface area contributed by atoms with E-state index in [0.717, 1.165) is 18.4 Å². The second-order valence-electron chi connectivity index (χ2n) is 8.00. The largest absolute Gasteiger partial charge is 0.352 e. The Labute approximate surface area is 186 Å². The molecular formula is C24H28N4O2S. The van der Waals surface area contributed by atoms with Gasteiger partial charge in [0.15, 0.2) is 10.8 Å². The number of thioether (sulfide) groups is 1. The standard InChI is InChI=1S/C24H28N4O2S/c1-2-20(22(29)26-18-12-7-4-8-13-18)31-24-27-21-19(14-9-15-25-21)23(30)28(24)16-17-10-5-3-6-11-17/h3,5-6,9-11,14-15,18,20H,2,4,7-8,12-13,16H2,1H3,(H,26,29)/t20-/m0/s1. The third-order valence-electron chi connectivity index (χ3n) is 5.74. The summed E-state index contributed by atoms with van der Waals surface area (Å²) >= 11 is 1.36. The van der Waals surface area contributed by atoms with Gasteiger partial charge in [0.25, 0.3) is 5.56 Å². The Bertz CT molecular complexity index is 1090. The van der Waals surface area contributed by atoms with Crippen LogP contribution >= 0.6 is 11.8 Å². The maximum absolute atomic E-state index is 13.3. The van der Waals surface area contributed by atoms with Gasteiger partial charge in [-0.2, -0.15) is 0 Å². The zero-order valence-corrected chi connectivity index (χ0v) is 18.6. The highest BCUT2D eigenvalue weighted by atomic mass is 32.2. The van der Waals surface area contributed by atoms with Gasteiger partial charge in [-0.25, -0.2) is 9.97 Å². The van der Waals surface area contributed by atoms with Crippen molar-refractivity contribution in [2.45, 2.75) is 68.4 Å². The average molecular weight is 437 g/mol. The molecule has 1 atom stereocenters. The molecular weight excluding hydrogens is 408 g/mol. The minimum absolute atomic E-state index is 0.0287. The van der Waals surface area contributed by atoms with E-state index in [9.17, 15) is 9.59 Å². The van der Waals surface area contributed by atoms with E-state index in [-0.39, 0.29) is 22.8 Å². The lowest BCUT2D eigenvalue weighted by molar-refractivity contribution is -0.121. The van der Waals surface area contributed by atoms with Crippen LogP contribution in [0, 0.1) is 0 Å². The van der Waals surface area contributed by atoms with Crippen LogP contribution in [0.3, 0.4) is 0 Å². The number of rotatable bonds is 7. The number of benzene rings is 1. The van der Waals surface area contributed by atoms with Crippen LogP contribution in [-0.2, 0) is 11.3 Å². The summed E-state index contributed by atoms with van der Waals surface area (Å²) in [5.41, 5.74) is 1.30. The van der Waals surface area contributed by atoms with Gasteiger partial charge in [0.2, 0.25) is 5.91 Å². The highest BCUT2D eigenvalue weighted by Gasteiger charge is 2.25. The number of pyridine rings is 1. The van der Waals surface area contributed by atoms with Crippen LogP contribution < -0.4 is 10.9 Å². The van der Waals surface area contributed by atoms with Crippen molar-refractivity contribution in [1.29, 1.82) is 0 Å². The van der Waals surface area contributed by atoms with Crippen molar-refractivity contribution in [3.05, 3.63) is 64.6 Å². The van der Waals surface area contributed by atoms with Crippen molar-refractivity contribution >= 4 is 28.7 Å². The minimum Gasteiger partial charge on any atom is -0.352 e. The van der Waals surface area contributed by atoms with Crippen molar-refractivity contribution in [2.75, 3.05) is 0 Å². The monoisotopic (exact) mass is 436 g/mol. The fraction of sp³-hybridized carbons (Fsp3) is 0.417. The molecule has 7 heteroatoms. The molecule has 2 aromatic heterocycles. The first-order chi connectivity index (χ1) is 15.2. The average Bonchev–Trinajstić information content (AvgIpc) is 2.81. The predicted octanol–water partition coefficient (Wildman–Crippen LogP) is 4.16. The molecule has 31 heavy (non-hydrogen) atoms. The van der Waals surface area contributed by atoms with E-state index in [4.69, 9.17) is 0 Å². The van der Waals surface area contributed by atoms with Crippen LogP contribution in [0.4, 0.5) is 0 Å². The van der Waals surface area contributed by atoms with Gasteiger partial charge in [-0.05, 0) is 37.0 Å². The van der Waals surface area contributed by atoms with Crippen LogP contribution in [0.15, 0.2) is 58.6 Å². The number of fused-ring (bicyclic) bond motifs is 1. The molecule has 0 aliphatic heterocycles. The van der Waals surface area contributed by atoms with E-state index in [1.165, 1.54) is 31.0 Å². The highest BCUT2D eigenvalue weighted by molar-refractivity contribution is 8.00. The van der Waals surface area contributed by atoms with E-state index >= 15 is 0 Å². The summed E-state index contributed by atoms with van der Waals surface area (Å²) in [5, 5.41) is 3.93. The molecule has 1 N–H and O–H groups in total. The lowest BCUT2D eigenvalue weighted by Gasteiger charge is -2.25. The summed E-state index contributed by atoms with van der Waals surface area (Å²) < 4.78 is 1.67. The molecule has 0 radical (unpaired) electrons.